The fourth-order valence-corrected chi connectivity index (χ4v) is 2.69. The normalized spacial score (nSPS) is 16.1. The molecule has 5 heteroatoms. The van der Waals surface area contributed by atoms with Gasteiger partial charge in [0.25, 0.3) is 0 Å². The zero-order chi connectivity index (χ0) is 15.1. The van der Waals surface area contributed by atoms with Crippen molar-refractivity contribution in [2.45, 2.75) is 39.2 Å². The van der Waals surface area contributed by atoms with Crippen molar-refractivity contribution < 1.29 is 0 Å². The lowest BCUT2D eigenvalue weighted by Gasteiger charge is -2.22. The van der Waals surface area contributed by atoms with Gasteiger partial charge in [0.05, 0.1) is 6.04 Å². The molecule has 124 valence electrons. The number of rotatable bonds is 5. The number of hydrogen-bond donors (Lipinski definition) is 2. The summed E-state index contributed by atoms with van der Waals surface area (Å²) in [7, 11) is 1.82. The van der Waals surface area contributed by atoms with Gasteiger partial charge in [0.15, 0.2) is 5.96 Å². The van der Waals surface area contributed by atoms with Crippen LogP contribution in [0.25, 0.3) is 0 Å². The Bertz CT molecular complexity index is 469. The summed E-state index contributed by atoms with van der Waals surface area (Å²) in [4.78, 5) is 6.75. The monoisotopic (exact) mass is 416 g/mol. The predicted molar refractivity (Wildman–Crippen MR) is 107 cm³/mol. The van der Waals surface area contributed by atoms with Crippen LogP contribution in [0.4, 0.5) is 5.69 Å². The minimum Gasteiger partial charge on any atom is -0.372 e. The number of guanidine groups is 1. The molecule has 0 spiro atoms. The van der Waals surface area contributed by atoms with E-state index >= 15 is 0 Å². The molecule has 0 aliphatic carbocycles. The van der Waals surface area contributed by atoms with E-state index in [1.807, 2.05) is 7.05 Å². The van der Waals surface area contributed by atoms with E-state index in [0.717, 1.165) is 18.9 Å². The van der Waals surface area contributed by atoms with Crippen LogP contribution in [0.1, 0.15) is 44.7 Å². The average molecular weight is 416 g/mol. The van der Waals surface area contributed by atoms with Crippen LogP contribution >= 0.6 is 24.0 Å². The van der Waals surface area contributed by atoms with Gasteiger partial charge in [-0.1, -0.05) is 19.1 Å². The second-order valence-electron chi connectivity index (χ2n) is 5.65. The Hall–Kier alpha value is -0.980. The second-order valence-corrected chi connectivity index (χ2v) is 5.65. The molecule has 1 aliphatic rings. The number of nitrogens with one attached hydrogen (secondary N) is 2. The van der Waals surface area contributed by atoms with E-state index in [0.29, 0.717) is 0 Å². The van der Waals surface area contributed by atoms with E-state index in [9.17, 15) is 0 Å². The first-order valence-electron chi connectivity index (χ1n) is 8.06. The molecule has 1 aromatic rings. The second kappa shape index (κ2) is 9.92. The molecule has 1 atom stereocenters. The van der Waals surface area contributed by atoms with Gasteiger partial charge in [0.2, 0.25) is 0 Å². The summed E-state index contributed by atoms with van der Waals surface area (Å²) in [5.74, 6) is 0.871. The summed E-state index contributed by atoms with van der Waals surface area (Å²) in [6.45, 7) is 7.65. The molecular weight excluding hydrogens is 387 g/mol. The number of halogens is 1. The van der Waals surface area contributed by atoms with Crippen LogP contribution in [-0.2, 0) is 0 Å². The van der Waals surface area contributed by atoms with Gasteiger partial charge in [-0.3, -0.25) is 4.99 Å². The smallest absolute Gasteiger partial charge is 0.191 e. The van der Waals surface area contributed by atoms with Crippen LogP contribution < -0.4 is 15.5 Å². The van der Waals surface area contributed by atoms with Gasteiger partial charge in [-0.25, -0.2) is 0 Å². The van der Waals surface area contributed by atoms with E-state index < -0.39 is 0 Å². The highest BCUT2D eigenvalue weighted by Gasteiger charge is 2.14. The van der Waals surface area contributed by atoms with Crippen molar-refractivity contribution in [3.05, 3.63) is 29.8 Å². The molecule has 0 saturated carbocycles. The number of aliphatic imine (C=N–C) groups is 1. The highest BCUT2D eigenvalue weighted by atomic mass is 127. The van der Waals surface area contributed by atoms with E-state index in [-0.39, 0.29) is 30.0 Å². The van der Waals surface area contributed by atoms with Crippen molar-refractivity contribution in [1.29, 1.82) is 0 Å². The Morgan fingerprint density at radius 2 is 2.05 bits per heavy atom. The molecule has 1 unspecified atom stereocenters. The third-order valence-corrected chi connectivity index (χ3v) is 3.96. The molecule has 1 saturated heterocycles. The number of benzene rings is 1. The lowest BCUT2D eigenvalue weighted by atomic mass is 10.1. The molecule has 1 aliphatic heterocycles. The van der Waals surface area contributed by atoms with Gasteiger partial charge in [0, 0.05) is 32.4 Å². The molecule has 0 aromatic heterocycles. The average Bonchev–Trinajstić information content (AvgIpc) is 3.05. The summed E-state index contributed by atoms with van der Waals surface area (Å²) in [6, 6.07) is 9.10. The van der Waals surface area contributed by atoms with Gasteiger partial charge in [-0.05, 0) is 43.9 Å². The van der Waals surface area contributed by atoms with Gasteiger partial charge in [0.1, 0.15) is 0 Å². The van der Waals surface area contributed by atoms with Gasteiger partial charge < -0.3 is 15.5 Å². The van der Waals surface area contributed by atoms with Crippen LogP contribution in [0.3, 0.4) is 0 Å². The van der Waals surface area contributed by atoms with Crippen molar-refractivity contribution in [3.63, 3.8) is 0 Å². The topological polar surface area (TPSA) is 39.7 Å². The highest BCUT2D eigenvalue weighted by Crippen LogP contribution is 2.23. The molecule has 1 aromatic carbocycles. The Labute approximate surface area is 151 Å². The van der Waals surface area contributed by atoms with Crippen LogP contribution in [0.15, 0.2) is 29.3 Å². The molecule has 0 bridgehead atoms. The van der Waals surface area contributed by atoms with Gasteiger partial charge in [-0.2, -0.15) is 0 Å². The number of hydrogen-bond acceptors (Lipinski definition) is 2. The fraction of sp³-hybridized carbons (Fsp3) is 0.588. The number of nitrogens with zero attached hydrogens (tertiary/aromatic N) is 2. The van der Waals surface area contributed by atoms with E-state index in [1.54, 1.807) is 0 Å². The molecule has 2 rings (SSSR count). The maximum Gasteiger partial charge on any atom is 0.191 e. The van der Waals surface area contributed by atoms with Crippen molar-refractivity contribution in [1.82, 2.24) is 10.6 Å². The largest absolute Gasteiger partial charge is 0.372 e. The van der Waals surface area contributed by atoms with E-state index in [1.165, 1.54) is 37.2 Å². The van der Waals surface area contributed by atoms with Crippen molar-refractivity contribution in [3.8, 4) is 0 Å². The zero-order valence-electron chi connectivity index (χ0n) is 13.9. The quantitative estimate of drug-likeness (QED) is 0.438. The lowest BCUT2D eigenvalue weighted by molar-refractivity contribution is 0.681. The third-order valence-electron chi connectivity index (χ3n) is 3.96. The van der Waals surface area contributed by atoms with Crippen LogP contribution in [0, 0.1) is 0 Å². The third kappa shape index (κ3) is 5.34. The minimum absolute atomic E-state index is 0. The molecule has 1 heterocycles. The Morgan fingerprint density at radius 3 is 2.68 bits per heavy atom. The van der Waals surface area contributed by atoms with Crippen molar-refractivity contribution in [2.75, 3.05) is 31.6 Å². The van der Waals surface area contributed by atoms with Gasteiger partial charge >= 0.3 is 0 Å². The standard InChI is InChI=1S/C17H28N4.HI/c1-4-10-19-17(18-3)20-14(2)15-8-7-9-16(13-15)21-11-5-6-12-21;/h7-9,13-14H,4-6,10-12H2,1-3H3,(H2,18,19,20);1H. The first-order chi connectivity index (χ1) is 10.2. The predicted octanol–water partition coefficient (Wildman–Crippen LogP) is 3.54. The maximum absolute atomic E-state index is 4.27. The zero-order valence-corrected chi connectivity index (χ0v) is 16.3. The maximum atomic E-state index is 4.27. The van der Waals surface area contributed by atoms with Crippen molar-refractivity contribution in [2.24, 2.45) is 4.99 Å². The summed E-state index contributed by atoms with van der Waals surface area (Å²) in [5.41, 5.74) is 2.65. The Balaban J connectivity index is 0.00000242. The van der Waals surface area contributed by atoms with Crippen LogP contribution in [0.2, 0.25) is 0 Å². The lowest BCUT2D eigenvalue weighted by Crippen LogP contribution is -2.39. The summed E-state index contributed by atoms with van der Waals surface area (Å²) >= 11 is 0. The molecule has 22 heavy (non-hydrogen) atoms. The Morgan fingerprint density at radius 1 is 1.32 bits per heavy atom. The van der Waals surface area contributed by atoms with Crippen LogP contribution in [-0.4, -0.2) is 32.6 Å². The van der Waals surface area contributed by atoms with Gasteiger partial charge in [-0.15, -0.1) is 24.0 Å². The molecule has 1 fully saturated rings. The fourth-order valence-electron chi connectivity index (χ4n) is 2.69. The molecule has 0 amide bonds. The minimum atomic E-state index is 0. The first kappa shape index (κ1) is 19.1. The number of anilines is 1. The van der Waals surface area contributed by atoms with Crippen molar-refractivity contribution >= 4 is 35.6 Å². The molecule has 2 N–H and O–H groups in total. The van der Waals surface area contributed by atoms with E-state index in [4.69, 9.17) is 0 Å². The van der Waals surface area contributed by atoms with Crippen LogP contribution in [0.5, 0.6) is 0 Å². The molecule has 0 radical (unpaired) electrons. The Kier molecular flexibility index (Phi) is 8.60. The molecular formula is C17H29IN4. The first-order valence-corrected chi connectivity index (χ1v) is 8.06. The molecule has 4 nitrogen and oxygen atoms in total. The summed E-state index contributed by atoms with van der Waals surface area (Å²) in [5, 5.41) is 6.77. The summed E-state index contributed by atoms with van der Waals surface area (Å²) in [6.07, 6.45) is 3.72. The SMILES string of the molecule is CCCNC(=NC)NC(C)c1cccc(N2CCCC2)c1.I. The van der Waals surface area contributed by atoms with E-state index in [2.05, 4.69) is 58.6 Å². The highest BCUT2D eigenvalue weighted by molar-refractivity contribution is 14.0. The summed E-state index contributed by atoms with van der Waals surface area (Å²) < 4.78 is 0.